The van der Waals surface area contributed by atoms with Gasteiger partial charge in [-0.25, -0.2) is 0 Å². The fourth-order valence-corrected chi connectivity index (χ4v) is 4.34. The van der Waals surface area contributed by atoms with Gasteiger partial charge in [-0.3, -0.25) is 19.8 Å². The molecule has 1 aliphatic heterocycles. The number of rotatable bonds is 5. The lowest BCUT2D eigenvalue weighted by atomic mass is 9.96. The van der Waals surface area contributed by atoms with Crippen LogP contribution in [0.5, 0.6) is 11.5 Å². The van der Waals surface area contributed by atoms with Crippen LogP contribution in [-0.2, 0) is 15.8 Å². The van der Waals surface area contributed by atoms with Crippen molar-refractivity contribution in [1.82, 2.24) is 5.32 Å². The number of carbonyl (C=O) groups is 2. The lowest BCUT2D eigenvalue weighted by Gasteiger charge is -2.29. The number of amides is 2. The Morgan fingerprint density at radius 2 is 1.38 bits per heavy atom. The molecule has 9 heteroatoms. The van der Waals surface area contributed by atoms with Crippen molar-refractivity contribution in [2.45, 2.75) is 6.18 Å². The second-order valence-corrected chi connectivity index (χ2v) is 8.92. The average Bonchev–Trinajstić information content (AvgIpc) is 2.92. The van der Waals surface area contributed by atoms with Crippen LogP contribution in [0.2, 0.25) is 0 Å². The Bertz CT molecular complexity index is 1580. The molecule has 1 heterocycles. The molecule has 1 N–H and O–H groups in total. The summed E-state index contributed by atoms with van der Waals surface area (Å²) in [5.74, 6) is -0.111. The molecule has 2 amide bonds. The molecule has 5 nitrogen and oxygen atoms in total. The van der Waals surface area contributed by atoms with Crippen molar-refractivity contribution in [2.24, 2.45) is 0 Å². The Hall–Kier alpha value is -4.76. The molecule has 0 saturated carbocycles. The molecule has 39 heavy (non-hydrogen) atoms. The zero-order chi connectivity index (χ0) is 27.6. The highest BCUT2D eigenvalue weighted by Gasteiger charge is 2.35. The van der Waals surface area contributed by atoms with Crippen LogP contribution >= 0.6 is 12.2 Å². The summed E-state index contributed by atoms with van der Waals surface area (Å²) in [5.41, 5.74) is 1.02. The lowest BCUT2D eigenvalue weighted by molar-refractivity contribution is -0.137. The number of carbonyl (C=O) groups excluding carboxylic acids is 2. The maximum Gasteiger partial charge on any atom is 0.416 e. The van der Waals surface area contributed by atoms with Gasteiger partial charge in [0.25, 0.3) is 11.8 Å². The first kappa shape index (κ1) is 25.9. The predicted molar refractivity (Wildman–Crippen MR) is 146 cm³/mol. The molecule has 0 bridgehead atoms. The number of hydrogen-bond donors (Lipinski definition) is 1. The number of nitrogens with zero attached hydrogens (tertiary/aromatic N) is 1. The fraction of sp³-hybridized carbons (Fsp3) is 0.0333. The zero-order valence-electron chi connectivity index (χ0n) is 20.1. The standard InChI is InChI=1S/C30H19F3N2O3S/c31-30(32,33)21-12-10-19(11-13-21)25-9-5-4-6-20(25)18-26-27(36)34-29(39)35(28(26)37)22-14-16-24(17-15-22)38-23-7-2-1-3-8-23/h1-18H,(H,34,36,39). The minimum absolute atomic E-state index is 0.0742. The van der Waals surface area contributed by atoms with E-state index >= 15 is 0 Å². The maximum absolute atomic E-state index is 13.5. The predicted octanol–water partition coefficient (Wildman–Crippen LogP) is 7.00. The molecule has 0 radical (unpaired) electrons. The lowest BCUT2D eigenvalue weighted by Crippen LogP contribution is -2.54. The molecule has 1 fully saturated rings. The molecule has 1 aliphatic rings. The van der Waals surface area contributed by atoms with Crippen LogP contribution < -0.4 is 15.0 Å². The number of hydrogen-bond acceptors (Lipinski definition) is 4. The summed E-state index contributed by atoms with van der Waals surface area (Å²) in [6, 6.07) is 27.3. The number of thiocarbonyl (C=S) groups is 1. The summed E-state index contributed by atoms with van der Waals surface area (Å²) in [6.07, 6.45) is -3.05. The molecule has 4 aromatic carbocycles. The summed E-state index contributed by atoms with van der Waals surface area (Å²) in [5, 5.41) is 2.47. The van der Waals surface area contributed by atoms with Gasteiger partial charge in [-0.05, 0) is 83.5 Å². The van der Waals surface area contributed by atoms with Gasteiger partial charge in [-0.15, -0.1) is 0 Å². The highest BCUT2D eigenvalue weighted by molar-refractivity contribution is 7.80. The summed E-state index contributed by atoms with van der Waals surface area (Å²) < 4.78 is 44.8. The molecule has 194 valence electrons. The van der Waals surface area contributed by atoms with Crippen LogP contribution in [0.1, 0.15) is 11.1 Å². The van der Waals surface area contributed by atoms with E-state index in [1.807, 2.05) is 30.3 Å². The van der Waals surface area contributed by atoms with Gasteiger partial charge in [0.05, 0.1) is 11.3 Å². The van der Waals surface area contributed by atoms with Crippen molar-refractivity contribution in [3.05, 3.63) is 120 Å². The molecule has 0 atom stereocenters. The molecule has 1 saturated heterocycles. The van der Waals surface area contributed by atoms with Gasteiger partial charge in [0.2, 0.25) is 0 Å². The van der Waals surface area contributed by atoms with Crippen molar-refractivity contribution < 1.29 is 27.5 Å². The first-order valence-corrected chi connectivity index (χ1v) is 12.1. The summed E-state index contributed by atoms with van der Waals surface area (Å²) in [6.45, 7) is 0. The summed E-state index contributed by atoms with van der Waals surface area (Å²) >= 11 is 5.29. The minimum atomic E-state index is -4.46. The Morgan fingerprint density at radius 3 is 2.05 bits per heavy atom. The SMILES string of the molecule is O=C1NC(=S)N(c2ccc(Oc3ccccc3)cc2)C(=O)C1=Cc1ccccc1-c1ccc(C(F)(F)F)cc1. The average molecular weight is 545 g/mol. The minimum Gasteiger partial charge on any atom is -0.457 e. The molecular weight excluding hydrogens is 525 g/mol. The van der Waals surface area contributed by atoms with E-state index in [1.54, 1.807) is 48.5 Å². The van der Waals surface area contributed by atoms with Gasteiger partial charge in [-0.2, -0.15) is 13.2 Å². The van der Waals surface area contributed by atoms with E-state index < -0.39 is 23.6 Å². The molecule has 4 aromatic rings. The molecule has 0 aromatic heterocycles. The number of para-hydroxylation sites is 1. The van der Waals surface area contributed by atoms with Crippen LogP contribution in [0.4, 0.5) is 18.9 Å². The van der Waals surface area contributed by atoms with Gasteiger partial charge < -0.3 is 4.74 Å². The number of halogens is 3. The van der Waals surface area contributed by atoms with Gasteiger partial charge in [0, 0.05) is 0 Å². The first-order chi connectivity index (χ1) is 18.7. The van der Waals surface area contributed by atoms with Gasteiger partial charge in [0.15, 0.2) is 5.11 Å². The van der Waals surface area contributed by atoms with Crippen LogP contribution in [0.3, 0.4) is 0 Å². The van der Waals surface area contributed by atoms with Crippen LogP contribution in [0.15, 0.2) is 109 Å². The Balaban J connectivity index is 1.44. The maximum atomic E-state index is 13.5. The summed E-state index contributed by atoms with van der Waals surface area (Å²) in [7, 11) is 0. The first-order valence-electron chi connectivity index (χ1n) is 11.7. The number of alkyl halides is 3. The highest BCUT2D eigenvalue weighted by Crippen LogP contribution is 2.33. The second kappa shape index (κ2) is 10.5. The van der Waals surface area contributed by atoms with Crippen LogP contribution in [0.25, 0.3) is 17.2 Å². The van der Waals surface area contributed by atoms with E-state index in [9.17, 15) is 22.8 Å². The van der Waals surface area contributed by atoms with Gasteiger partial charge in [0.1, 0.15) is 17.1 Å². The highest BCUT2D eigenvalue weighted by atomic mass is 32.1. The van der Waals surface area contributed by atoms with E-state index in [0.717, 1.165) is 12.1 Å². The van der Waals surface area contributed by atoms with Crippen LogP contribution in [0, 0.1) is 0 Å². The molecule has 0 unspecified atom stereocenters. The second-order valence-electron chi connectivity index (χ2n) is 8.53. The molecule has 0 spiro atoms. The van der Waals surface area contributed by atoms with E-state index in [4.69, 9.17) is 17.0 Å². The van der Waals surface area contributed by atoms with Crippen molar-refractivity contribution in [3.63, 3.8) is 0 Å². The number of anilines is 1. The molecular formula is C30H19F3N2O3S. The quantitative estimate of drug-likeness (QED) is 0.167. The van der Waals surface area contributed by atoms with E-state index in [-0.39, 0.29) is 10.7 Å². The fourth-order valence-electron chi connectivity index (χ4n) is 4.06. The van der Waals surface area contributed by atoms with Crippen LogP contribution in [-0.4, -0.2) is 16.9 Å². The number of nitrogens with one attached hydrogen (secondary N) is 1. The Morgan fingerprint density at radius 1 is 0.769 bits per heavy atom. The van der Waals surface area contributed by atoms with Gasteiger partial charge in [-0.1, -0.05) is 54.6 Å². The van der Waals surface area contributed by atoms with Crippen molar-refractivity contribution >= 4 is 40.9 Å². The van der Waals surface area contributed by atoms with E-state index in [1.165, 1.54) is 23.1 Å². The third-order valence-corrected chi connectivity index (χ3v) is 6.24. The van der Waals surface area contributed by atoms with Gasteiger partial charge >= 0.3 is 6.18 Å². The molecule has 0 aliphatic carbocycles. The van der Waals surface area contributed by atoms with E-state index in [2.05, 4.69) is 5.32 Å². The smallest absolute Gasteiger partial charge is 0.416 e. The largest absolute Gasteiger partial charge is 0.457 e. The topological polar surface area (TPSA) is 58.6 Å². The van der Waals surface area contributed by atoms with Crippen molar-refractivity contribution in [3.8, 4) is 22.6 Å². The monoisotopic (exact) mass is 544 g/mol. The Labute approximate surface area is 227 Å². The van der Waals surface area contributed by atoms with E-state index in [0.29, 0.717) is 33.9 Å². The zero-order valence-corrected chi connectivity index (χ0v) is 20.9. The number of ether oxygens (including phenoxy) is 1. The molecule has 5 rings (SSSR count). The Kier molecular flexibility index (Phi) is 7.00. The van der Waals surface area contributed by atoms with Crippen molar-refractivity contribution in [1.29, 1.82) is 0 Å². The number of benzene rings is 4. The normalized spacial score (nSPS) is 14.9. The summed E-state index contributed by atoms with van der Waals surface area (Å²) in [4.78, 5) is 27.5. The van der Waals surface area contributed by atoms with Crippen molar-refractivity contribution in [2.75, 3.05) is 4.90 Å². The third-order valence-electron chi connectivity index (χ3n) is 5.96. The third kappa shape index (κ3) is 5.58.